The van der Waals surface area contributed by atoms with Gasteiger partial charge in [-0.3, -0.25) is 0 Å². The van der Waals surface area contributed by atoms with E-state index in [9.17, 15) is 0 Å². The number of halogens is 1. The highest BCUT2D eigenvalue weighted by Gasteiger charge is 2.22. The monoisotopic (exact) mass is 311 g/mol. The minimum absolute atomic E-state index is 0.605. The highest BCUT2D eigenvalue weighted by Crippen LogP contribution is 2.26. The van der Waals surface area contributed by atoms with Crippen LogP contribution in [0.5, 0.6) is 0 Å². The maximum Gasteiger partial charge on any atom is 0.0401 e. The van der Waals surface area contributed by atoms with Crippen LogP contribution < -0.4 is 10.6 Å². The van der Waals surface area contributed by atoms with Gasteiger partial charge >= 0.3 is 0 Å². The third-order valence-corrected chi connectivity index (χ3v) is 4.25. The van der Waals surface area contributed by atoms with Gasteiger partial charge in [0.25, 0.3) is 0 Å². The second-order valence-corrected chi connectivity index (χ2v) is 6.00. The summed E-state index contributed by atoms with van der Waals surface area (Å²) in [6.07, 6.45) is 0.940. The molecule has 1 unspecified atom stereocenters. The average Bonchev–Trinajstić information content (AvgIpc) is 2.34. The summed E-state index contributed by atoms with van der Waals surface area (Å²) in [7, 11) is 2.20. The Hall–Kier alpha value is -0.580. The van der Waals surface area contributed by atoms with Gasteiger partial charge in [-0.1, -0.05) is 15.9 Å². The van der Waals surface area contributed by atoms with E-state index >= 15 is 0 Å². The van der Waals surface area contributed by atoms with Gasteiger partial charge in [-0.15, -0.1) is 0 Å². The zero-order valence-electron chi connectivity index (χ0n) is 11.2. The number of nitrogens with zero attached hydrogens (tertiary/aromatic N) is 2. The first-order chi connectivity index (χ1) is 8.61. The summed E-state index contributed by atoms with van der Waals surface area (Å²) < 4.78 is 1.14. The van der Waals surface area contributed by atoms with Crippen LogP contribution in [0.25, 0.3) is 0 Å². The summed E-state index contributed by atoms with van der Waals surface area (Å²) in [5.41, 5.74) is 8.42. The van der Waals surface area contributed by atoms with Crippen molar-refractivity contribution in [3.63, 3.8) is 0 Å². The number of nitrogens with two attached hydrogens (primary N) is 1. The lowest BCUT2D eigenvalue weighted by molar-refractivity contribution is 0.234. The number of rotatable bonds is 3. The lowest BCUT2D eigenvalue weighted by atomic mass is 10.1. The Balaban J connectivity index is 2.22. The Labute approximate surface area is 118 Å². The van der Waals surface area contributed by atoms with Crippen molar-refractivity contribution in [2.24, 2.45) is 5.73 Å². The molecule has 0 spiro atoms. The molecule has 0 bridgehead atoms. The van der Waals surface area contributed by atoms with Crippen molar-refractivity contribution in [2.45, 2.75) is 19.4 Å². The molecule has 1 aliphatic heterocycles. The largest absolute Gasteiger partial charge is 0.368 e. The van der Waals surface area contributed by atoms with Crippen molar-refractivity contribution in [2.75, 3.05) is 38.1 Å². The standard InChI is InChI=1S/C14H22BrN3/c1-11-10-18(8-7-17(11)2)14-4-3-13(15)9-12(14)5-6-16/h3-4,9,11H,5-8,10,16H2,1-2H3. The first-order valence-electron chi connectivity index (χ1n) is 6.55. The molecule has 0 radical (unpaired) electrons. The Bertz CT molecular complexity index is 408. The normalized spacial score (nSPS) is 21.3. The highest BCUT2D eigenvalue weighted by molar-refractivity contribution is 9.10. The van der Waals surface area contributed by atoms with E-state index in [-0.39, 0.29) is 0 Å². The first kappa shape index (κ1) is 13.8. The molecule has 1 aliphatic rings. The average molecular weight is 312 g/mol. The number of piperazine rings is 1. The van der Waals surface area contributed by atoms with Crippen molar-refractivity contribution >= 4 is 21.6 Å². The third kappa shape index (κ3) is 3.05. The minimum atomic E-state index is 0.605. The van der Waals surface area contributed by atoms with Gasteiger partial charge in [-0.2, -0.15) is 0 Å². The van der Waals surface area contributed by atoms with Crippen LogP contribution >= 0.6 is 15.9 Å². The zero-order valence-corrected chi connectivity index (χ0v) is 12.8. The SMILES string of the molecule is CC1CN(c2ccc(Br)cc2CCN)CCN1C. The summed E-state index contributed by atoms with van der Waals surface area (Å²) in [6, 6.07) is 7.14. The van der Waals surface area contributed by atoms with Crippen LogP contribution in [-0.4, -0.2) is 44.2 Å². The summed E-state index contributed by atoms with van der Waals surface area (Å²) in [6.45, 7) is 6.30. The van der Waals surface area contributed by atoms with Gasteiger partial charge in [0.1, 0.15) is 0 Å². The van der Waals surface area contributed by atoms with Gasteiger partial charge in [0.2, 0.25) is 0 Å². The van der Waals surface area contributed by atoms with Crippen LogP contribution in [0.15, 0.2) is 22.7 Å². The van der Waals surface area contributed by atoms with Crippen LogP contribution in [0.3, 0.4) is 0 Å². The number of hydrogen-bond donors (Lipinski definition) is 1. The smallest absolute Gasteiger partial charge is 0.0401 e. The first-order valence-corrected chi connectivity index (χ1v) is 7.35. The molecule has 1 saturated heterocycles. The van der Waals surface area contributed by atoms with Crippen molar-refractivity contribution in [1.82, 2.24) is 4.90 Å². The molecular weight excluding hydrogens is 290 g/mol. The van der Waals surface area contributed by atoms with Crippen LogP contribution in [0.1, 0.15) is 12.5 Å². The summed E-state index contributed by atoms with van der Waals surface area (Å²) in [5.74, 6) is 0. The topological polar surface area (TPSA) is 32.5 Å². The molecule has 1 heterocycles. The molecule has 1 fully saturated rings. The molecule has 3 nitrogen and oxygen atoms in total. The number of benzene rings is 1. The maximum absolute atomic E-state index is 5.72. The van der Waals surface area contributed by atoms with Crippen LogP contribution in [0, 0.1) is 0 Å². The number of hydrogen-bond acceptors (Lipinski definition) is 3. The van der Waals surface area contributed by atoms with Crippen LogP contribution in [0.2, 0.25) is 0 Å². The number of likely N-dealkylation sites (N-methyl/N-ethyl adjacent to an activating group) is 1. The molecule has 1 aromatic carbocycles. The fourth-order valence-electron chi connectivity index (χ4n) is 2.49. The third-order valence-electron chi connectivity index (χ3n) is 3.76. The van der Waals surface area contributed by atoms with Gasteiger partial charge in [0.15, 0.2) is 0 Å². The molecule has 2 rings (SSSR count). The maximum atomic E-state index is 5.72. The van der Waals surface area contributed by atoms with E-state index in [0.717, 1.165) is 30.5 Å². The molecule has 1 aromatic rings. The highest BCUT2D eigenvalue weighted by atomic mass is 79.9. The van der Waals surface area contributed by atoms with Crippen LogP contribution in [0.4, 0.5) is 5.69 Å². The van der Waals surface area contributed by atoms with Gasteiger partial charge in [0.05, 0.1) is 0 Å². The molecule has 0 saturated carbocycles. The van der Waals surface area contributed by atoms with Gasteiger partial charge in [0, 0.05) is 35.8 Å². The molecule has 18 heavy (non-hydrogen) atoms. The fraction of sp³-hybridized carbons (Fsp3) is 0.571. The molecule has 0 aromatic heterocycles. The van der Waals surface area contributed by atoms with E-state index in [1.807, 2.05) is 0 Å². The minimum Gasteiger partial charge on any atom is -0.368 e. The van der Waals surface area contributed by atoms with Gasteiger partial charge in [-0.25, -0.2) is 0 Å². The molecule has 100 valence electrons. The predicted octanol–water partition coefficient (Wildman–Crippen LogP) is 2.09. The van der Waals surface area contributed by atoms with Crippen molar-refractivity contribution in [1.29, 1.82) is 0 Å². The molecule has 4 heteroatoms. The fourth-order valence-corrected chi connectivity index (χ4v) is 2.89. The second-order valence-electron chi connectivity index (χ2n) is 5.09. The Morgan fingerprint density at radius 3 is 2.83 bits per heavy atom. The van der Waals surface area contributed by atoms with E-state index in [1.54, 1.807) is 0 Å². The molecule has 2 N–H and O–H groups in total. The molecule has 0 amide bonds. The van der Waals surface area contributed by atoms with Crippen molar-refractivity contribution in [3.8, 4) is 0 Å². The Kier molecular flexibility index (Phi) is 4.65. The Morgan fingerprint density at radius 1 is 1.39 bits per heavy atom. The van der Waals surface area contributed by atoms with E-state index in [0.29, 0.717) is 12.6 Å². The predicted molar refractivity (Wildman–Crippen MR) is 81.2 cm³/mol. The van der Waals surface area contributed by atoms with Crippen molar-refractivity contribution < 1.29 is 0 Å². The quantitative estimate of drug-likeness (QED) is 0.928. The Morgan fingerprint density at radius 2 is 2.17 bits per heavy atom. The van der Waals surface area contributed by atoms with E-state index < -0.39 is 0 Å². The number of anilines is 1. The summed E-state index contributed by atoms with van der Waals surface area (Å²) >= 11 is 3.54. The van der Waals surface area contributed by atoms with Crippen LogP contribution in [-0.2, 0) is 6.42 Å². The molecule has 0 aliphatic carbocycles. The molecular formula is C14H22BrN3. The summed E-state index contributed by atoms with van der Waals surface area (Å²) in [4.78, 5) is 4.90. The van der Waals surface area contributed by atoms with Gasteiger partial charge < -0.3 is 15.5 Å². The van der Waals surface area contributed by atoms with E-state index in [2.05, 4.69) is 57.9 Å². The molecule has 1 atom stereocenters. The zero-order chi connectivity index (χ0) is 13.1. The lowest BCUT2D eigenvalue weighted by Gasteiger charge is -2.39. The van der Waals surface area contributed by atoms with E-state index in [1.165, 1.54) is 11.3 Å². The van der Waals surface area contributed by atoms with Crippen molar-refractivity contribution in [3.05, 3.63) is 28.2 Å². The lowest BCUT2D eigenvalue weighted by Crippen LogP contribution is -2.50. The van der Waals surface area contributed by atoms with E-state index in [4.69, 9.17) is 5.73 Å². The summed E-state index contributed by atoms with van der Waals surface area (Å²) in [5, 5.41) is 0. The van der Waals surface area contributed by atoms with Gasteiger partial charge in [-0.05, 0) is 50.7 Å². The second kappa shape index (κ2) is 6.04.